The number of nitrogen functional groups attached to an aromatic ring is 1. The lowest BCUT2D eigenvalue weighted by Gasteiger charge is -2.32. The van der Waals surface area contributed by atoms with Crippen LogP contribution in [0.2, 0.25) is 0 Å². The van der Waals surface area contributed by atoms with Crippen molar-refractivity contribution in [3.8, 4) is 0 Å². The molecule has 0 amide bonds. The highest BCUT2D eigenvalue weighted by molar-refractivity contribution is 5.90. The highest BCUT2D eigenvalue weighted by Gasteiger charge is 2.24. The van der Waals surface area contributed by atoms with Crippen LogP contribution >= 0.6 is 0 Å². The van der Waals surface area contributed by atoms with Crippen molar-refractivity contribution in [3.63, 3.8) is 0 Å². The van der Waals surface area contributed by atoms with Crippen LogP contribution < -0.4 is 16.6 Å². The second kappa shape index (κ2) is 5.01. The molecule has 1 aliphatic rings. The Morgan fingerprint density at radius 1 is 1.26 bits per heavy atom. The van der Waals surface area contributed by atoms with Gasteiger partial charge in [-0.25, -0.2) is 10.8 Å². The van der Waals surface area contributed by atoms with Gasteiger partial charge in [0.15, 0.2) is 0 Å². The molecule has 5 heteroatoms. The third-order valence-electron chi connectivity index (χ3n) is 3.95. The summed E-state index contributed by atoms with van der Waals surface area (Å²) in [5.74, 6) is 7.49. The fraction of sp³-hybridized carbons (Fsp3) is 0.429. The van der Waals surface area contributed by atoms with Crippen LogP contribution in [0.5, 0.6) is 0 Å². The number of nitrogens with one attached hydrogen (secondary N) is 2. The summed E-state index contributed by atoms with van der Waals surface area (Å²) in [5.41, 5.74) is 3.42. The molecule has 0 saturated heterocycles. The van der Waals surface area contributed by atoms with Gasteiger partial charge in [0.05, 0.1) is 5.52 Å². The third kappa shape index (κ3) is 2.33. The van der Waals surface area contributed by atoms with Crippen molar-refractivity contribution < 1.29 is 0 Å². The number of hydrogen-bond acceptors (Lipinski definition) is 5. The van der Waals surface area contributed by atoms with E-state index in [2.05, 4.69) is 27.6 Å². The normalized spacial score (nSPS) is 16.9. The molecule has 1 fully saturated rings. The lowest BCUT2D eigenvalue weighted by atomic mass is 9.80. The Labute approximate surface area is 112 Å². The van der Waals surface area contributed by atoms with Crippen molar-refractivity contribution in [1.29, 1.82) is 0 Å². The Kier molecular flexibility index (Phi) is 3.21. The monoisotopic (exact) mass is 257 g/mol. The maximum Gasteiger partial charge on any atom is 0.239 e. The first-order valence-corrected chi connectivity index (χ1v) is 6.78. The average Bonchev–Trinajstić information content (AvgIpc) is 2.36. The maximum atomic E-state index is 5.43. The van der Waals surface area contributed by atoms with E-state index in [9.17, 15) is 0 Å². The molecule has 1 saturated carbocycles. The number of fused-ring (bicyclic) bond motifs is 1. The number of hydrogen-bond donors (Lipinski definition) is 3. The summed E-state index contributed by atoms with van der Waals surface area (Å²) >= 11 is 0. The van der Waals surface area contributed by atoms with E-state index in [0.29, 0.717) is 12.0 Å². The van der Waals surface area contributed by atoms with Crippen LogP contribution in [-0.4, -0.2) is 16.0 Å². The Bertz CT molecular complexity index is 579. The number of rotatable bonds is 4. The Morgan fingerprint density at radius 2 is 2.05 bits per heavy atom. The molecular formula is C14H19N5. The topological polar surface area (TPSA) is 75.9 Å². The summed E-state index contributed by atoms with van der Waals surface area (Å²) in [5, 5.41) is 4.55. The quantitative estimate of drug-likeness (QED) is 0.579. The first kappa shape index (κ1) is 12.2. The van der Waals surface area contributed by atoms with Gasteiger partial charge in [-0.05, 0) is 37.8 Å². The first-order valence-electron chi connectivity index (χ1n) is 6.78. The molecule has 0 bridgehead atoms. The highest BCUT2D eigenvalue weighted by atomic mass is 15.3. The van der Waals surface area contributed by atoms with Gasteiger partial charge in [0, 0.05) is 11.4 Å². The van der Waals surface area contributed by atoms with Gasteiger partial charge in [-0.2, -0.15) is 4.98 Å². The van der Waals surface area contributed by atoms with Gasteiger partial charge in [0.1, 0.15) is 5.82 Å². The zero-order chi connectivity index (χ0) is 13.2. The average molecular weight is 257 g/mol. The fourth-order valence-corrected chi connectivity index (χ4v) is 2.52. The molecule has 5 nitrogen and oxygen atoms in total. The Balaban J connectivity index is 1.95. The van der Waals surface area contributed by atoms with Crippen LogP contribution in [-0.2, 0) is 0 Å². The summed E-state index contributed by atoms with van der Waals surface area (Å²) in [6, 6.07) is 8.40. The lowest BCUT2D eigenvalue weighted by Crippen LogP contribution is -2.31. The molecule has 0 aliphatic heterocycles. The van der Waals surface area contributed by atoms with E-state index in [4.69, 9.17) is 5.84 Å². The van der Waals surface area contributed by atoms with Crippen molar-refractivity contribution >= 4 is 22.7 Å². The van der Waals surface area contributed by atoms with E-state index >= 15 is 0 Å². The summed E-state index contributed by atoms with van der Waals surface area (Å²) in [7, 11) is 0. The van der Waals surface area contributed by atoms with E-state index in [1.165, 1.54) is 19.3 Å². The number of para-hydroxylation sites is 1. The van der Waals surface area contributed by atoms with E-state index in [1.807, 2.05) is 24.3 Å². The molecule has 3 rings (SSSR count). The minimum Gasteiger partial charge on any atom is -0.367 e. The molecule has 1 atom stereocenters. The third-order valence-corrected chi connectivity index (χ3v) is 3.95. The molecule has 1 unspecified atom stereocenters. The van der Waals surface area contributed by atoms with Crippen LogP contribution in [0.15, 0.2) is 24.3 Å². The van der Waals surface area contributed by atoms with Crippen LogP contribution in [0.4, 0.5) is 11.8 Å². The predicted octanol–water partition coefficient (Wildman–Crippen LogP) is 2.52. The number of anilines is 2. The number of nitrogens with two attached hydrogens (primary N) is 1. The van der Waals surface area contributed by atoms with Crippen molar-refractivity contribution in [2.24, 2.45) is 11.8 Å². The smallest absolute Gasteiger partial charge is 0.239 e. The summed E-state index contributed by atoms with van der Waals surface area (Å²) in [6.45, 7) is 2.22. The minimum atomic E-state index is 0.428. The molecule has 4 N–H and O–H groups in total. The number of aromatic nitrogens is 2. The largest absolute Gasteiger partial charge is 0.367 e. The zero-order valence-electron chi connectivity index (χ0n) is 11.1. The van der Waals surface area contributed by atoms with Gasteiger partial charge in [-0.15, -0.1) is 0 Å². The maximum absolute atomic E-state index is 5.43. The van der Waals surface area contributed by atoms with Crippen molar-refractivity contribution in [3.05, 3.63) is 24.3 Å². The molecule has 1 aromatic carbocycles. The van der Waals surface area contributed by atoms with Gasteiger partial charge < -0.3 is 5.32 Å². The van der Waals surface area contributed by atoms with Crippen LogP contribution in [0.3, 0.4) is 0 Å². The number of nitrogens with zero attached hydrogens (tertiary/aromatic N) is 2. The Morgan fingerprint density at radius 3 is 2.74 bits per heavy atom. The molecule has 19 heavy (non-hydrogen) atoms. The lowest BCUT2D eigenvalue weighted by molar-refractivity contribution is 0.285. The van der Waals surface area contributed by atoms with Crippen LogP contribution in [0.1, 0.15) is 26.2 Å². The molecule has 2 aromatic rings. The summed E-state index contributed by atoms with van der Waals surface area (Å²) in [4.78, 5) is 8.80. The second-order valence-electron chi connectivity index (χ2n) is 5.18. The number of benzene rings is 1. The van der Waals surface area contributed by atoms with Gasteiger partial charge in [-0.3, -0.25) is 5.43 Å². The fourth-order valence-electron chi connectivity index (χ4n) is 2.52. The second-order valence-corrected chi connectivity index (χ2v) is 5.18. The van der Waals surface area contributed by atoms with Crippen LogP contribution in [0.25, 0.3) is 10.9 Å². The first-order chi connectivity index (χ1) is 9.28. The van der Waals surface area contributed by atoms with Crippen molar-refractivity contribution in [1.82, 2.24) is 9.97 Å². The molecule has 1 heterocycles. The zero-order valence-corrected chi connectivity index (χ0v) is 11.1. The standard InChI is InChI=1S/C14H19N5/c1-9(10-5-4-6-10)16-13-11-7-2-3-8-12(11)17-14(18-13)19-15/h2-3,7-10H,4-6,15H2,1H3,(H2,16,17,18,19). The molecule has 100 valence electrons. The van der Waals surface area contributed by atoms with Gasteiger partial charge in [0.25, 0.3) is 0 Å². The van der Waals surface area contributed by atoms with Gasteiger partial charge >= 0.3 is 0 Å². The Hall–Kier alpha value is -1.88. The van der Waals surface area contributed by atoms with Crippen molar-refractivity contribution in [2.75, 3.05) is 10.7 Å². The molecule has 0 radical (unpaired) electrons. The molecular weight excluding hydrogens is 238 g/mol. The van der Waals surface area contributed by atoms with Gasteiger partial charge in [-0.1, -0.05) is 18.6 Å². The molecule has 1 aliphatic carbocycles. The van der Waals surface area contributed by atoms with E-state index in [-0.39, 0.29) is 0 Å². The van der Waals surface area contributed by atoms with E-state index in [1.54, 1.807) is 0 Å². The summed E-state index contributed by atoms with van der Waals surface area (Å²) < 4.78 is 0. The summed E-state index contributed by atoms with van der Waals surface area (Å²) in [6.07, 6.45) is 3.95. The van der Waals surface area contributed by atoms with E-state index in [0.717, 1.165) is 22.6 Å². The number of hydrazine groups is 1. The highest BCUT2D eigenvalue weighted by Crippen LogP contribution is 2.32. The molecule has 0 spiro atoms. The van der Waals surface area contributed by atoms with Crippen LogP contribution in [0, 0.1) is 5.92 Å². The SMILES string of the molecule is CC(Nc1nc(NN)nc2ccccc12)C1CCC1. The van der Waals surface area contributed by atoms with Gasteiger partial charge in [0.2, 0.25) is 5.95 Å². The minimum absolute atomic E-state index is 0.428. The predicted molar refractivity (Wildman–Crippen MR) is 77.8 cm³/mol. The van der Waals surface area contributed by atoms with Crippen molar-refractivity contribution in [2.45, 2.75) is 32.2 Å². The molecule has 1 aromatic heterocycles. The van der Waals surface area contributed by atoms with E-state index < -0.39 is 0 Å².